The normalized spacial score (nSPS) is 11.0. The van der Waals surface area contributed by atoms with Crippen LogP contribution in [0.25, 0.3) is 0 Å². The number of rotatable bonds is 2. The number of nitrogens with two attached hydrogens (primary N) is 1. The van der Waals surface area contributed by atoms with Crippen molar-refractivity contribution in [2.24, 2.45) is 0 Å². The molecule has 0 amide bonds. The van der Waals surface area contributed by atoms with Crippen LogP contribution in [0, 0.1) is 11.3 Å². The Bertz CT molecular complexity index is 706. The minimum Gasteiger partial charge on any atom is -0.384 e. The molecule has 0 fully saturated rings. The summed E-state index contributed by atoms with van der Waals surface area (Å²) in [5.74, 6) is -1.60. The van der Waals surface area contributed by atoms with Crippen LogP contribution >= 0.6 is 0 Å². The van der Waals surface area contributed by atoms with Crippen molar-refractivity contribution >= 4 is 17.3 Å². The molecule has 0 radical (unpaired) electrons. The molecule has 0 spiro atoms. The minimum atomic E-state index is -4.68. The molecule has 2 rings (SSSR count). The van der Waals surface area contributed by atoms with Gasteiger partial charge in [0, 0.05) is 18.8 Å². The van der Waals surface area contributed by atoms with Crippen LogP contribution in [0.2, 0.25) is 0 Å². The smallest absolute Gasteiger partial charge is 0.384 e. The molecule has 0 bridgehead atoms. The molecule has 1 aromatic carbocycles. The van der Waals surface area contributed by atoms with E-state index in [0.29, 0.717) is 11.3 Å². The van der Waals surface area contributed by atoms with Gasteiger partial charge in [-0.05, 0) is 18.2 Å². The van der Waals surface area contributed by atoms with Crippen molar-refractivity contribution < 1.29 is 13.2 Å². The Morgan fingerprint density at radius 2 is 1.95 bits per heavy atom. The molecule has 0 aliphatic carbocycles. The van der Waals surface area contributed by atoms with E-state index in [2.05, 4.69) is 9.97 Å². The van der Waals surface area contributed by atoms with Gasteiger partial charge in [-0.15, -0.1) is 0 Å². The summed E-state index contributed by atoms with van der Waals surface area (Å²) in [5, 5.41) is 8.85. The summed E-state index contributed by atoms with van der Waals surface area (Å²) in [6.45, 7) is 0. The lowest BCUT2D eigenvalue weighted by Crippen LogP contribution is -2.18. The van der Waals surface area contributed by atoms with Gasteiger partial charge in [-0.25, -0.2) is 9.97 Å². The van der Waals surface area contributed by atoms with E-state index in [0.717, 1.165) is 0 Å². The predicted octanol–water partition coefficient (Wildman–Crippen LogP) is 2.72. The first-order valence-electron chi connectivity index (χ1n) is 5.77. The Morgan fingerprint density at radius 1 is 1.24 bits per heavy atom. The molecule has 0 saturated carbocycles. The van der Waals surface area contributed by atoms with Crippen LogP contribution in [0.4, 0.5) is 30.5 Å². The summed E-state index contributed by atoms with van der Waals surface area (Å²) in [5.41, 5.74) is 6.30. The molecule has 5 nitrogen and oxygen atoms in total. The molecule has 0 atom stereocenters. The van der Waals surface area contributed by atoms with Gasteiger partial charge >= 0.3 is 6.18 Å². The monoisotopic (exact) mass is 293 g/mol. The van der Waals surface area contributed by atoms with Gasteiger partial charge < -0.3 is 10.6 Å². The minimum absolute atomic E-state index is 0.00934. The zero-order valence-corrected chi connectivity index (χ0v) is 10.9. The van der Waals surface area contributed by atoms with Gasteiger partial charge in [0.2, 0.25) is 5.82 Å². The average molecular weight is 293 g/mol. The fraction of sp³-hybridized carbons (Fsp3) is 0.154. The maximum Gasteiger partial charge on any atom is 0.451 e. The number of hydrogen-bond donors (Lipinski definition) is 1. The molecule has 8 heteroatoms. The van der Waals surface area contributed by atoms with E-state index >= 15 is 0 Å². The van der Waals surface area contributed by atoms with Gasteiger partial charge in [0.1, 0.15) is 11.6 Å². The van der Waals surface area contributed by atoms with Crippen molar-refractivity contribution in [2.75, 3.05) is 17.7 Å². The molecule has 0 saturated heterocycles. The van der Waals surface area contributed by atoms with E-state index in [1.165, 1.54) is 24.1 Å². The van der Waals surface area contributed by atoms with Gasteiger partial charge in [0.15, 0.2) is 0 Å². The summed E-state index contributed by atoms with van der Waals surface area (Å²) in [6.07, 6.45) is -4.68. The number of nitrogen functional groups attached to an aromatic ring is 1. The van der Waals surface area contributed by atoms with Gasteiger partial charge in [0.25, 0.3) is 0 Å². The molecule has 0 aliphatic heterocycles. The summed E-state index contributed by atoms with van der Waals surface area (Å²) in [7, 11) is 1.53. The number of benzene rings is 1. The molecule has 1 heterocycles. The molecule has 0 unspecified atom stereocenters. The summed E-state index contributed by atoms with van der Waals surface area (Å²) in [4.78, 5) is 8.04. The fourth-order valence-electron chi connectivity index (χ4n) is 1.67. The lowest BCUT2D eigenvalue weighted by Gasteiger charge is -2.19. The van der Waals surface area contributed by atoms with Crippen molar-refractivity contribution in [2.45, 2.75) is 6.18 Å². The summed E-state index contributed by atoms with van der Waals surface area (Å²) < 4.78 is 38.1. The highest BCUT2D eigenvalue weighted by Crippen LogP contribution is 2.30. The zero-order chi connectivity index (χ0) is 15.6. The second kappa shape index (κ2) is 5.28. The number of hydrogen-bond acceptors (Lipinski definition) is 5. The van der Waals surface area contributed by atoms with Crippen LogP contribution in [-0.2, 0) is 6.18 Å². The fourth-order valence-corrected chi connectivity index (χ4v) is 1.67. The van der Waals surface area contributed by atoms with Crippen molar-refractivity contribution in [3.8, 4) is 6.07 Å². The third kappa shape index (κ3) is 3.20. The molecular formula is C13H10F3N5. The quantitative estimate of drug-likeness (QED) is 0.921. The van der Waals surface area contributed by atoms with Crippen molar-refractivity contribution in [1.29, 1.82) is 5.26 Å². The van der Waals surface area contributed by atoms with Crippen LogP contribution < -0.4 is 10.6 Å². The maximum atomic E-state index is 12.7. The topological polar surface area (TPSA) is 78.8 Å². The zero-order valence-electron chi connectivity index (χ0n) is 10.9. The predicted molar refractivity (Wildman–Crippen MR) is 70.7 cm³/mol. The Morgan fingerprint density at radius 3 is 2.57 bits per heavy atom. The number of aromatic nitrogens is 2. The van der Waals surface area contributed by atoms with Crippen LogP contribution in [-0.4, -0.2) is 17.0 Å². The number of nitriles is 1. The van der Waals surface area contributed by atoms with E-state index in [1.807, 2.05) is 6.07 Å². The van der Waals surface area contributed by atoms with E-state index in [4.69, 9.17) is 11.0 Å². The molecule has 2 N–H and O–H groups in total. The number of anilines is 3. The lowest BCUT2D eigenvalue weighted by molar-refractivity contribution is -0.144. The molecule has 2 aromatic rings. The van der Waals surface area contributed by atoms with Crippen molar-refractivity contribution in [3.05, 3.63) is 41.7 Å². The molecule has 108 valence electrons. The summed E-state index contributed by atoms with van der Waals surface area (Å²) >= 11 is 0. The molecule has 21 heavy (non-hydrogen) atoms. The van der Waals surface area contributed by atoms with E-state index < -0.39 is 12.0 Å². The molecular weight excluding hydrogens is 283 g/mol. The third-order valence-corrected chi connectivity index (χ3v) is 2.69. The van der Waals surface area contributed by atoms with Gasteiger partial charge in [-0.3, -0.25) is 0 Å². The second-order valence-electron chi connectivity index (χ2n) is 4.19. The first-order valence-corrected chi connectivity index (χ1v) is 5.77. The SMILES string of the molecule is CN(c1cccc(C#N)c1)c1cc(N)nc(C(F)(F)F)n1. The maximum absolute atomic E-state index is 12.7. The van der Waals surface area contributed by atoms with E-state index in [9.17, 15) is 13.2 Å². The highest BCUT2D eigenvalue weighted by Gasteiger charge is 2.35. The Hall–Kier alpha value is -2.82. The van der Waals surface area contributed by atoms with Crippen LogP contribution in [0.3, 0.4) is 0 Å². The standard InChI is InChI=1S/C13H10F3N5/c1-21(9-4-2-3-8(5-9)7-17)11-6-10(18)19-12(20-11)13(14,15)16/h2-6H,1H3,(H2,18,19,20). The number of halogens is 3. The Labute approximate surface area is 118 Å². The number of alkyl halides is 3. The largest absolute Gasteiger partial charge is 0.451 e. The van der Waals surface area contributed by atoms with Gasteiger partial charge in [0.05, 0.1) is 11.6 Å². The van der Waals surface area contributed by atoms with E-state index in [1.54, 1.807) is 18.2 Å². The summed E-state index contributed by atoms with van der Waals surface area (Å²) in [6, 6.07) is 9.58. The van der Waals surface area contributed by atoms with Crippen LogP contribution in [0.5, 0.6) is 0 Å². The average Bonchev–Trinajstić information content (AvgIpc) is 2.45. The first kappa shape index (κ1) is 14.6. The van der Waals surface area contributed by atoms with Gasteiger partial charge in [-0.1, -0.05) is 6.07 Å². The molecule has 1 aromatic heterocycles. The van der Waals surface area contributed by atoms with Crippen LogP contribution in [0.1, 0.15) is 11.4 Å². The highest BCUT2D eigenvalue weighted by atomic mass is 19.4. The highest BCUT2D eigenvalue weighted by molar-refractivity contribution is 5.62. The molecule has 0 aliphatic rings. The second-order valence-corrected chi connectivity index (χ2v) is 4.19. The van der Waals surface area contributed by atoms with Gasteiger partial charge in [-0.2, -0.15) is 18.4 Å². The van der Waals surface area contributed by atoms with Crippen molar-refractivity contribution in [1.82, 2.24) is 9.97 Å². The number of nitrogens with zero attached hydrogens (tertiary/aromatic N) is 4. The van der Waals surface area contributed by atoms with Crippen molar-refractivity contribution in [3.63, 3.8) is 0 Å². The Balaban J connectivity index is 2.46. The van der Waals surface area contributed by atoms with E-state index in [-0.39, 0.29) is 11.6 Å². The first-order chi connectivity index (χ1) is 9.81. The lowest BCUT2D eigenvalue weighted by atomic mass is 10.2. The Kier molecular flexibility index (Phi) is 3.67. The van der Waals surface area contributed by atoms with Crippen LogP contribution in [0.15, 0.2) is 30.3 Å². The third-order valence-electron chi connectivity index (χ3n) is 2.69.